The Morgan fingerprint density at radius 3 is 2.53 bits per heavy atom. The number of rotatable bonds is 2. The topological polar surface area (TPSA) is 131 Å². The molecule has 0 saturated carbocycles. The van der Waals surface area contributed by atoms with Gasteiger partial charge in [0, 0.05) is 11.3 Å². The predicted molar refractivity (Wildman–Crippen MR) is 65.4 cm³/mol. The Kier molecular flexibility index (Phi) is 3.59. The second-order valence-corrected chi connectivity index (χ2v) is 4.59. The van der Waals surface area contributed by atoms with Gasteiger partial charge in [-0.05, 0) is 13.8 Å². The number of hydrogen-bond acceptors (Lipinski definition) is 7. The highest BCUT2D eigenvalue weighted by atomic mass is 16.6. The first-order valence-electron chi connectivity index (χ1n) is 5.86. The van der Waals surface area contributed by atoms with Gasteiger partial charge < -0.3 is 25.8 Å². The van der Waals surface area contributed by atoms with Crippen LogP contribution in [0.25, 0.3) is 0 Å². The van der Waals surface area contributed by atoms with Crippen molar-refractivity contribution in [1.82, 2.24) is 9.55 Å². The molecule has 0 spiro atoms. The van der Waals surface area contributed by atoms with Gasteiger partial charge in [0.15, 0.2) is 6.23 Å². The molecule has 4 atom stereocenters. The van der Waals surface area contributed by atoms with Crippen LogP contribution in [0.4, 0.5) is 5.82 Å². The van der Waals surface area contributed by atoms with Gasteiger partial charge in [0.25, 0.3) is 0 Å². The van der Waals surface area contributed by atoms with E-state index in [9.17, 15) is 15.0 Å². The Labute approximate surface area is 109 Å². The molecule has 1 saturated heterocycles. The van der Waals surface area contributed by atoms with Gasteiger partial charge in [0.2, 0.25) is 0 Å². The quantitative estimate of drug-likeness (QED) is 0.492. The molecule has 5 N–H and O–H groups in total. The zero-order chi connectivity index (χ0) is 14.3. The number of ether oxygens (including phenoxy) is 1. The maximum Gasteiger partial charge on any atom is 0.351 e. The largest absolute Gasteiger partial charge is 0.394 e. The molecule has 19 heavy (non-hydrogen) atoms. The fraction of sp³-hybridized carbons (Fsp3) is 0.636. The predicted octanol–water partition coefficient (Wildman–Crippen LogP) is -1.95. The van der Waals surface area contributed by atoms with Gasteiger partial charge in [-0.3, -0.25) is 4.57 Å². The van der Waals surface area contributed by atoms with Crippen molar-refractivity contribution in [3.05, 3.63) is 21.7 Å². The van der Waals surface area contributed by atoms with E-state index in [1.807, 2.05) is 0 Å². The van der Waals surface area contributed by atoms with Gasteiger partial charge in [0.1, 0.15) is 24.1 Å². The molecule has 8 heteroatoms. The number of nitrogens with two attached hydrogens (primary N) is 1. The molecule has 0 unspecified atom stereocenters. The van der Waals surface area contributed by atoms with Crippen molar-refractivity contribution in [1.29, 1.82) is 0 Å². The zero-order valence-corrected chi connectivity index (χ0v) is 10.6. The van der Waals surface area contributed by atoms with Crippen LogP contribution in [0.3, 0.4) is 0 Å². The summed E-state index contributed by atoms with van der Waals surface area (Å²) in [5.41, 5.74) is 6.00. The fourth-order valence-corrected chi connectivity index (χ4v) is 2.14. The Morgan fingerprint density at radius 2 is 2.00 bits per heavy atom. The highest BCUT2D eigenvalue weighted by molar-refractivity contribution is 5.40. The molecule has 2 rings (SSSR count). The molecule has 8 nitrogen and oxygen atoms in total. The van der Waals surface area contributed by atoms with Crippen LogP contribution in [-0.4, -0.2) is 49.8 Å². The molecule has 0 radical (unpaired) electrons. The average molecular weight is 271 g/mol. The van der Waals surface area contributed by atoms with Crippen LogP contribution in [-0.2, 0) is 4.74 Å². The molecule has 0 aromatic carbocycles. The standard InChI is InChI=1S/C11H17N3O5/c1-4-5(2)14(11(18)13-9(4)12)10-8(17)7(16)6(3-15)19-10/h6-8,10,15-17H,3H2,1-2H3,(H2,12,13,18)/t6-,7-,8-,10-/m1/s1. The molecule has 2 heterocycles. The molecule has 1 fully saturated rings. The smallest absolute Gasteiger partial charge is 0.351 e. The number of hydrogen-bond donors (Lipinski definition) is 4. The van der Waals surface area contributed by atoms with Crippen LogP contribution >= 0.6 is 0 Å². The average Bonchev–Trinajstić information content (AvgIpc) is 2.64. The first kappa shape index (κ1) is 13.9. The van der Waals surface area contributed by atoms with Crippen molar-refractivity contribution in [3.63, 3.8) is 0 Å². The van der Waals surface area contributed by atoms with E-state index >= 15 is 0 Å². The van der Waals surface area contributed by atoms with Gasteiger partial charge in [0.05, 0.1) is 6.61 Å². The summed E-state index contributed by atoms with van der Waals surface area (Å²) in [6, 6.07) is 0. The summed E-state index contributed by atoms with van der Waals surface area (Å²) in [6.45, 7) is 2.88. The fourth-order valence-electron chi connectivity index (χ4n) is 2.14. The Morgan fingerprint density at radius 1 is 1.37 bits per heavy atom. The van der Waals surface area contributed by atoms with Gasteiger partial charge in [-0.15, -0.1) is 0 Å². The van der Waals surface area contributed by atoms with Gasteiger partial charge in [-0.25, -0.2) is 4.79 Å². The number of aliphatic hydroxyl groups excluding tert-OH is 3. The second-order valence-electron chi connectivity index (χ2n) is 4.59. The SMILES string of the molecule is Cc1c(N)nc(=O)n([C@@H]2O[C@H](CO)[C@@H](O)[C@H]2O)c1C. The second kappa shape index (κ2) is 4.89. The van der Waals surface area contributed by atoms with Crippen LogP contribution in [0.15, 0.2) is 4.79 Å². The lowest BCUT2D eigenvalue weighted by atomic mass is 10.1. The monoisotopic (exact) mass is 271 g/mol. The van der Waals surface area contributed by atoms with Crippen molar-refractivity contribution < 1.29 is 20.1 Å². The maximum absolute atomic E-state index is 11.9. The molecular formula is C11H17N3O5. The zero-order valence-electron chi connectivity index (χ0n) is 10.6. The first-order valence-corrected chi connectivity index (χ1v) is 5.86. The Bertz CT molecular complexity index is 544. The normalized spacial score (nSPS) is 30.8. The van der Waals surface area contributed by atoms with Crippen LogP contribution < -0.4 is 11.4 Å². The summed E-state index contributed by atoms with van der Waals surface area (Å²) in [5.74, 6) is 0.116. The van der Waals surface area contributed by atoms with Gasteiger partial charge in [-0.2, -0.15) is 4.98 Å². The maximum atomic E-state index is 11.9. The third-order valence-electron chi connectivity index (χ3n) is 3.48. The lowest BCUT2D eigenvalue weighted by Gasteiger charge is -2.21. The Balaban J connectivity index is 2.49. The van der Waals surface area contributed by atoms with E-state index < -0.39 is 36.8 Å². The number of aliphatic hydroxyl groups is 3. The van der Waals surface area contributed by atoms with Crippen molar-refractivity contribution in [2.45, 2.75) is 38.4 Å². The third kappa shape index (κ3) is 2.12. The molecule has 1 aliphatic heterocycles. The van der Waals surface area contributed by atoms with Crippen molar-refractivity contribution in [2.24, 2.45) is 0 Å². The van der Waals surface area contributed by atoms with E-state index in [1.165, 1.54) is 0 Å². The summed E-state index contributed by atoms with van der Waals surface area (Å²) in [4.78, 5) is 15.5. The first-order chi connectivity index (χ1) is 8.88. The van der Waals surface area contributed by atoms with E-state index in [4.69, 9.17) is 15.6 Å². The van der Waals surface area contributed by atoms with E-state index in [1.54, 1.807) is 13.8 Å². The van der Waals surface area contributed by atoms with E-state index in [2.05, 4.69) is 4.98 Å². The summed E-state index contributed by atoms with van der Waals surface area (Å²) >= 11 is 0. The van der Waals surface area contributed by atoms with Gasteiger partial charge >= 0.3 is 5.69 Å². The van der Waals surface area contributed by atoms with Crippen LogP contribution in [0, 0.1) is 13.8 Å². The highest BCUT2D eigenvalue weighted by Gasteiger charge is 2.44. The molecule has 1 aromatic rings. The summed E-state index contributed by atoms with van der Waals surface area (Å²) in [7, 11) is 0. The van der Waals surface area contributed by atoms with Crippen molar-refractivity contribution >= 4 is 5.82 Å². The third-order valence-corrected chi connectivity index (χ3v) is 3.48. The molecule has 1 aromatic heterocycles. The summed E-state index contributed by atoms with van der Waals surface area (Å²) in [5, 5.41) is 28.7. The summed E-state index contributed by atoms with van der Waals surface area (Å²) < 4.78 is 6.44. The molecule has 0 amide bonds. The van der Waals surface area contributed by atoms with Crippen LogP contribution in [0.1, 0.15) is 17.5 Å². The molecule has 106 valence electrons. The minimum atomic E-state index is -1.32. The molecule has 1 aliphatic rings. The van der Waals surface area contributed by atoms with Crippen molar-refractivity contribution in [2.75, 3.05) is 12.3 Å². The van der Waals surface area contributed by atoms with Crippen LogP contribution in [0.5, 0.6) is 0 Å². The lowest BCUT2D eigenvalue weighted by molar-refractivity contribution is -0.0559. The van der Waals surface area contributed by atoms with E-state index in [-0.39, 0.29) is 5.82 Å². The minimum Gasteiger partial charge on any atom is -0.394 e. The summed E-state index contributed by atoms with van der Waals surface area (Å²) in [6.07, 6.45) is -4.62. The molecule has 0 bridgehead atoms. The number of aromatic nitrogens is 2. The van der Waals surface area contributed by atoms with Gasteiger partial charge in [-0.1, -0.05) is 0 Å². The highest BCUT2D eigenvalue weighted by Crippen LogP contribution is 2.29. The van der Waals surface area contributed by atoms with Crippen LogP contribution in [0.2, 0.25) is 0 Å². The van der Waals surface area contributed by atoms with E-state index in [0.29, 0.717) is 11.3 Å². The van der Waals surface area contributed by atoms with Crippen molar-refractivity contribution in [3.8, 4) is 0 Å². The lowest BCUT2D eigenvalue weighted by Crippen LogP contribution is -2.37. The number of nitrogen functional groups attached to an aromatic ring is 1. The molecular weight excluding hydrogens is 254 g/mol. The van der Waals surface area contributed by atoms with E-state index in [0.717, 1.165) is 4.57 Å². The molecule has 0 aliphatic carbocycles. The Hall–Kier alpha value is -1.48. The number of nitrogens with zero attached hydrogens (tertiary/aromatic N) is 2. The number of anilines is 1. The minimum absolute atomic E-state index is 0.116.